The Morgan fingerprint density at radius 2 is 1.90 bits per heavy atom. The van der Waals surface area contributed by atoms with E-state index in [0.29, 0.717) is 40.6 Å². The largest absolute Gasteiger partial charge is 0.497 e. The smallest absolute Gasteiger partial charge is 0.245 e. The lowest BCUT2D eigenvalue weighted by molar-refractivity contribution is -0.123. The number of allylic oxidation sites excluding steroid dienone is 2. The number of rotatable bonds is 12. The topological polar surface area (TPSA) is 67.5 Å². The van der Waals surface area contributed by atoms with Crippen LogP contribution in [0.25, 0.3) is 22.0 Å². The van der Waals surface area contributed by atoms with Crippen molar-refractivity contribution >= 4 is 39.6 Å². The first kappa shape index (κ1) is 29.9. The zero-order valence-electron chi connectivity index (χ0n) is 23.8. The first-order valence-corrected chi connectivity index (χ1v) is 14.0. The molecule has 0 saturated carbocycles. The number of fused-ring (bicyclic) bond motifs is 1. The summed E-state index contributed by atoms with van der Waals surface area (Å²) in [6.07, 6.45) is 6.37. The Bertz CT molecular complexity index is 1580. The zero-order chi connectivity index (χ0) is 29.4. The second kappa shape index (κ2) is 14.0. The van der Waals surface area contributed by atoms with Gasteiger partial charge in [-0.3, -0.25) is 4.79 Å². The van der Waals surface area contributed by atoms with Crippen molar-refractivity contribution in [1.29, 1.82) is 0 Å². The van der Waals surface area contributed by atoms with Gasteiger partial charge in [0.25, 0.3) is 0 Å². The van der Waals surface area contributed by atoms with Gasteiger partial charge in [0.05, 0.1) is 24.4 Å². The summed E-state index contributed by atoms with van der Waals surface area (Å²) < 4.78 is 27.0. The van der Waals surface area contributed by atoms with Crippen LogP contribution in [-0.4, -0.2) is 48.6 Å². The van der Waals surface area contributed by atoms with Crippen molar-refractivity contribution < 1.29 is 18.7 Å². The van der Waals surface area contributed by atoms with Crippen molar-refractivity contribution in [3.63, 3.8) is 0 Å². The Labute approximate surface area is 245 Å². The third-order valence-electron chi connectivity index (χ3n) is 6.78. The highest BCUT2D eigenvalue weighted by molar-refractivity contribution is 6.38. The van der Waals surface area contributed by atoms with E-state index in [2.05, 4.69) is 9.97 Å². The van der Waals surface area contributed by atoms with Gasteiger partial charge in [-0.05, 0) is 67.2 Å². The number of likely N-dealkylation sites (N-methyl/N-ethyl adjacent to an activating group) is 1. The fourth-order valence-electron chi connectivity index (χ4n) is 4.62. The van der Waals surface area contributed by atoms with Gasteiger partial charge in [0, 0.05) is 42.2 Å². The average Bonchev–Trinajstić information content (AvgIpc) is 3.31. The van der Waals surface area contributed by atoms with Crippen LogP contribution >= 0.6 is 11.6 Å². The number of nitrogens with zero attached hydrogens (tertiary/aromatic N) is 2. The summed E-state index contributed by atoms with van der Waals surface area (Å²) in [5.41, 5.74) is 4.24. The van der Waals surface area contributed by atoms with Crippen LogP contribution in [0.1, 0.15) is 49.4 Å². The quantitative estimate of drug-likeness (QED) is 0.106. The minimum Gasteiger partial charge on any atom is -0.497 e. The summed E-state index contributed by atoms with van der Waals surface area (Å²) in [5, 5.41) is 1.38. The summed E-state index contributed by atoms with van der Waals surface area (Å²) >= 11 is 6.90. The van der Waals surface area contributed by atoms with E-state index in [-0.39, 0.29) is 11.8 Å². The van der Waals surface area contributed by atoms with Crippen LogP contribution in [0.3, 0.4) is 0 Å². The molecule has 214 valence electrons. The number of aromatic nitrogens is 2. The first-order chi connectivity index (χ1) is 19.8. The Morgan fingerprint density at radius 1 is 1.10 bits per heavy atom. The van der Waals surface area contributed by atoms with E-state index in [1.807, 2.05) is 61.5 Å². The molecule has 1 N–H and O–H groups in total. The van der Waals surface area contributed by atoms with E-state index in [1.165, 1.54) is 4.90 Å². The van der Waals surface area contributed by atoms with Crippen molar-refractivity contribution in [2.45, 2.75) is 32.6 Å². The number of hydrogen-bond acceptors (Lipinski definition) is 4. The number of pyridine rings is 1. The maximum atomic E-state index is 15.8. The molecule has 41 heavy (non-hydrogen) atoms. The van der Waals surface area contributed by atoms with Gasteiger partial charge in [-0.25, -0.2) is 0 Å². The predicted molar refractivity (Wildman–Crippen MR) is 164 cm³/mol. The summed E-state index contributed by atoms with van der Waals surface area (Å²) in [4.78, 5) is 20.7. The minimum absolute atomic E-state index is 0.0409. The molecule has 0 unspecified atom stereocenters. The SMILES string of the molecule is CC/C(=C(/c1ccc(OCCCC/C=C/C(=O)N(C)C)nc1F)c1[nH]c2ccccc2c1Cl)c1cccc(OC)c1. The second-order valence-corrected chi connectivity index (χ2v) is 10.1. The molecule has 1 amide bonds. The zero-order valence-corrected chi connectivity index (χ0v) is 24.6. The van der Waals surface area contributed by atoms with E-state index in [9.17, 15) is 4.79 Å². The van der Waals surface area contributed by atoms with Crippen molar-refractivity contribution in [2.24, 2.45) is 0 Å². The molecule has 6 nitrogen and oxygen atoms in total. The molecular formula is C33H35ClFN3O3. The third kappa shape index (κ3) is 7.16. The van der Waals surface area contributed by atoms with Gasteiger partial charge >= 0.3 is 0 Å². The summed E-state index contributed by atoms with van der Waals surface area (Å²) in [5.74, 6) is 0.232. The minimum atomic E-state index is -0.647. The Morgan fingerprint density at radius 3 is 2.61 bits per heavy atom. The molecule has 0 bridgehead atoms. The van der Waals surface area contributed by atoms with Crippen LogP contribution in [0.2, 0.25) is 5.02 Å². The maximum absolute atomic E-state index is 15.8. The lowest BCUT2D eigenvalue weighted by atomic mass is 9.91. The van der Waals surface area contributed by atoms with Crippen LogP contribution in [0, 0.1) is 5.95 Å². The van der Waals surface area contributed by atoms with E-state index < -0.39 is 5.95 Å². The molecule has 4 rings (SSSR count). The first-order valence-electron chi connectivity index (χ1n) is 13.7. The van der Waals surface area contributed by atoms with Gasteiger partial charge in [0.2, 0.25) is 17.7 Å². The molecule has 2 aromatic heterocycles. The van der Waals surface area contributed by atoms with Crippen LogP contribution in [0.4, 0.5) is 4.39 Å². The van der Waals surface area contributed by atoms with E-state index in [1.54, 1.807) is 39.4 Å². The Kier molecular flexibility index (Phi) is 10.2. The van der Waals surface area contributed by atoms with Gasteiger partial charge in [0.15, 0.2) is 0 Å². The predicted octanol–water partition coefficient (Wildman–Crippen LogP) is 7.93. The molecule has 0 aliphatic carbocycles. The van der Waals surface area contributed by atoms with Gasteiger partial charge in [-0.1, -0.05) is 54.9 Å². The standard InChI is InChI=1S/C33H35ClFN3O3/c1-5-24(22-13-12-14-23(21-22)40-4)30(32-31(34)25-15-9-10-16-27(25)36-32)26-18-19-28(37-33(26)35)41-20-11-7-6-8-17-29(39)38(2)3/h8-10,12-19,21,36H,5-7,11,20H2,1-4H3/b17-8+,30-24+. The number of benzene rings is 2. The van der Waals surface area contributed by atoms with Crippen LogP contribution in [0.5, 0.6) is 11.6 Å². The molecule has 0 atom stereocenters. The number of carbonyl (C=O) groups excluding carboxylic acids is 1. The molecule has 0 saturated heterocycles. The summed E-state index contributed by atoms with van der Waals surface area (Å²) in [7, 11) is 5.05. The number of ether oxygens (including phenoxy) is 2. The van der Waals surface area contributed by atoms with E-state index in [4.69, 9.17) is 21.1 Å². The Balaban J connectivity index is 1.63. The molecular weight excluding hydrogens is 541 g/mol. The summed E-state index contributed by atoms with van der Waals surface area (Å²) in [6.45, 7) is 2.42. The number of unbranched alkanes of at least 4 members (excludes halogenated alkanes) is 2. The second-order valence-electron chi connectivity index (χ2n) is 9.77. The molecule has 2 aromatic carbocycles. The van der Waals surface area contributed by atoms with E-state index >= 15 is 4.39 Å². The van der Waals surface area contributed by atoms with Crippen LogP contribution in [0.15, 0.2) is 72.8 Å². The average molecular weight is 576 g/mol. The number of para-hydroxylation sites is 1. The van der Waals surface area contributed by atoms with Crippen molar-refractivity contribution in [1.82, 2.24) is 14.9 Å². The number of nitrogens with one attached hydrogen (secondary N) is 1. The highest BCUT2D eigenvalue weighted by atomic mass is 35.5. The number of carbonyl (C=O) groups is 1. The highest BCUT2D eigenvalue weighted by Crippen LogP contribution is 2.41. The molecule has 2 heterocycles. The van der Waals surface area contributed by atoms with Crippen LogP contribution in [-0.2, 0) is 4.79 Å². The fraction of sp³-hybridized carbons (Fsp3) is 0.273. The van der Waals surface area contributed by atoms with Gasteiger partial charge in [0.1, 0.15) is 5.75 Å². The van der Waals surface area contributed by atoms with E-state index in [0.717, 1.165) is 41.3 Å². The molecule has 0 aliphatic rings. The molecule has 4 aromatic rings. The number of amides is 1. The van der Waals surface area contributed by atoms with Gasteiger partial charge in [-0.2, -0.15) is 9.37 Å². The number of halogens is 2. The van der Waals surface area contributed by atoms with Crippen molar-refractivity contribution in [3.8, 4) is 11.6 Å². The monoisotopic (exact) mass is 575 g/mol. The number of hydrogen-bond donors (Lipinski definition) is 1. The molecule has 0 radical (unpaired) electrons. The van der Waals surface area contributed by atoms with Gasteiger partial charge in [-0.15, -0.1) is 0 Å². The normalized spacial score (nSPS) is 12.0. The lowest BCUT2D eigenvalue weighted by Gasteiger charge is -2.17. The number of H-pyrrole nitrogens is 1. The molecule has 8 heteroatoms. The third-order valence-corrected chi connectivity index (χ3v) is 7.17. The highest BCUT2D eigenvalue weighted by Gasteiger charge is 2.23. The number of methoxy groups -OCH3 is 1. The van der Waals surface area contributed by atoms with Crippen molar-refractivity contribution in [2.75, 3.05) is 27.8 Å². The molecule has 0 aliphatic heterocycles. The molecule has 0 fully saturated rings. The van der Waals surface area contributed by atoms with Crippen molar-refractivity contribution in [3.05, 3.63) is 101 Å². The fourth-order valence-corrected chi connectivity index (χ4v) is 4.93. The van der Waals surface area contributed by atoms with Gasteiger partial charge < -0.3 is 19.4 Å². The lowest BCUT2D eigenvalue weighted by Crippen LogP contribution is -2.18. The number of aromatic amines is 1. The van der Waals surface area contributed by atoms with Crippen LogP contribution < -0.4 is 9.47 Å². The molecule has 0 spiro atoms. The summed E-state index contributed by atoms with van der Waals surface area (Å²) in [6, 6.07) is 18.8. The maximum Gasteiger partial charge on any atom is 0.245 e. The Hall–Kier alpha value is -4.10.